The molecule has 0 saturated carbocycles. The zero-order valence-electron chi connectivity index (χ0n) is 13.5. The minimum absolute atomic E-state index is 0.213. The Kier molecular flexibility index (Phi) is 6.05. The molecule has 0 saturated heterocycles. The SMILES string of the molecule is CCC(Nc1ccc(C(C)C)cc1C(C)C)C(=O)OC. The molecule has 0 aliphatic rings. The lowest BCUT2D eigenvalue weighted by Gasteiger charge is -2.21. The number of esters is 1. The van der Waals surface area contributed by atoms with Crippen LogP contribution in [0.3, 0.4) is 0 Å². The summed E-state index contributed by atoms with van der Waals surface area (Å²) in [5.41, 5.74) is 3.60. The highest BCUT2D eigenvalue weighted by Crippen LogP contribution is 2.29. The van der Waals surface area contributed by atoms with Crippen molar-refractivity contribution in [2.24, 2.45) is 0 Å². The van der Waals surface area contributed by atoms with Crippen LogP contribution in [-0.4, -0.2) is 19.1 Å². The van der Waals surface area contributed by atoms with E-state index < -0.39 is 0 Å². The van der Waals surface area contributed by atoms with E-state index in [1.54, 1.807) is 0 Å². The van der Waals surface area contributed by atoms with Crippen molar-refractivity contribution in [2.45, 2.75) is 58.9 Å². The van der Waals surface area contributed by atoms with Crippen LogP contribution in [0.15, 0.2) is 18.2 Å². The zero-order chi connectivity index (χ0) is 15.3. The van der Waals surface area contributed by atoms with Gasteiger partial charge < -0.3 is 10.1 Å². The molecule has 0 aliphatic heterocycles. The molecule has 3 heteroatoms. The smallest absolute Gasteiger partial charge is 0.328 e. The first-order valence-electron chi connectivity index (χ1n) is 7.38. The molecule has 0 radical (unpaired) electrons. The van der Waals surface area contributed by atoms with Gasteiger partial charge in [-0.15, -0.1) is 0 Å². The Labute approximate surface area is 122 Å². The number of nitrogens with one attached hydrogen (secondary N) is 1. The summed E-state index contributed by atoms with van der Waals surface area (Å²) in [7, 11) is 1.43. The minimum atomic E-state index is -0.289. The summed E-state index contributed by atoms with van der Waals surface area (Å²) < 4.78 is 4.84. The van der Waals surface area contributed by atoms with Crippen molar-refractivity contribution in [3.05, 3.63) is 29.3 Å². The van der Waals surface area contributed by atoms with Gasteiger partial charge >= 0.3 is 5.97 Å². The standard InChI is InChI=1S/C17H27NO2/c1-7-15(17(19)20-6)18-16-9-8-13(11(2)3)10-14(16)12(4)5/h8-12,15,18H,7H2,1-6H3. The van der Waals surface area contributed by atoms with E-state index in [2.05, 4.69) is 51.2 Å². The van der Waals surface area contributed by atoms with E-state index in [4.69, 9.17) is 4.74 Å². The van der Waals surface area contributed by atoms with E-state index in [9.17, 15) is 4.79 Å². The van der Waals surface area contributed by atoms with Crippen LogP contribution in [0.1, 0.15) is 64.0 Å². The van der Waals surface area contributed by atoms with Crippen molar-refractivity contribution < 1.29 is 9.53 Å². The molecule has 0 bridgehead atoms. The van der Waals surface area contributed by atoms with Crippen molar-refractivity contribution in [1.82, 2.24) is 0 Å². The second kappa shape index (κ2) is 7.32. The average Bonchev–Trinajstić information content (AvgIpc) is 2.43. The van der Waals surface area contributed by atoms with Crippen LogP contribution < -0.4 is 5.32 Å². The van der Waals surface area contributed by atoms with Crippen LogP contribution in [0.2, 0.25) is 0 Å². The number of benzene rings is 1. The number of hydrogen-bond donors (Lipinski definition) is 1. The third-order valence-electron chi connectivity index (χ3n) is 3.59. The van der Waals surface area contributed by atoms with Gasteiger partial charge in [0.05, 0.1) is 7.11 Å². The van der Waals surface area contributed by atoms with Crippen molar-refractivity contribution in [1.29, 1.82) is 0 Å². The highest BCUT2D eigenvalue weighted by molar-refractivity contribution is 5.79. The van der Waals surface area contributed by atoms with E-state index >= 15 is 0 Å². The maximum atomic E-state index is 11.7. The average molecular weight is 277 g/mol. The second-order valence-electron chi connectivity index (χ2n) is 5.78. The predicted molar refractivity (Wildman–Crippen MR) is 84.3 cm³/mol. The van der Waals surface area contributed by atoms with E-state index in [1.165, 1.54) is 18.2 Å². The van der Waals surface area contributed by atoms with Crippen LogP contribution in [-0.2, 0) is 9.53 Å². The molecule has 0 aliphatic carbocycles. The number of methoxy groups -OCH3 is 1. The molecule has 0 fully saturated rings. The summed E-state index contributed by atoms with van der Waals surface area (Å²) in [6, 6.07) is 6.16. The van der Waals surface area contributed by atoms with Crippen LogP contribution >= 0.6 is 0 Å². The van der Waals surface area contributed by atoms with Gasteiger partial charge in [0.2, 0.25) is 0 Å². The van der Waals surface area contributed by atoms with Gasteiger partial charge in [0.25, 0.3) is 0 Å². The molecule has 0 heterocycles. The normalized spacial score (nSPS) is 12.6. The van der Waals surface area contributed by atoms with Gasteiger partial charge in [-0.3, -0.25) is 0 Å². The number of rotatable bonds is 6. The minimum Gasteiger partial charge on any atom is -0.467 e. The van der Waals surface area contributed by atoms with Crippen molar-refractivity contribution in [2.75, 3.05) is 12.4 Å². The lowest BCUT2D eigenvalue weighted by Crippen LogP contribution is -2.30. The topological polar surface area (TPSA) is 38.3 Å². The van der Waals surface area contributed by atoms with Crippen molar-refractivity contribution in [3.8, 4) is 0 Å². The maximum absolute atomic E-state index is 11.7. The fraction of sp³-hybridized carbons (Fsp3) is 0.588. The van der Waals surface area contributed by atoms with Gasteiger partial charge in [0.1, 0.15) is 6.04 Å². The molecule has 1 unspecified atom stereocenters. The number of ether oxygens (including phenoxy) is 1. The number of carbonyl (C=O) groups is 1. The summed E-state index contributed by atoms with van der Waals surface area (Å²) in [4.78, 5) is 11.7. The molecule has 1 aromatic carbocycles. The Morgan fingerprint density at radius 3 is 2.30 bits per heavy atom. The number of anilines is 1. The molecule has 1 atom stereocenters. The lowest BCUT2D eigenvalue weighted by molar-refractivity contribution is -0.141. The van der Waals surface area contributed by atoms with Gasteiger partial charge in [-0.05, 0) is 35.4 Å². The van der Waals surface area contributed by atoms with E-state index in [0.29, 0.717) is 18.3 Å². The zero-order valence-corrected chi connectivity index (χ0v) is 13.5. The molecule has 0 spiro atoms. The van der Waals surface area contributed by atoms with Gasteiger partial charge in [0.15, 0.2) is 0 Å². The highest BCUT2D eigenvalue weighted by atomic mass is 16.5. The van der Waals surface area contributed by atoms with Crippen LogP contribution in [0.5, 0.6) is 0 Å². The molecule has 112 valence electrons. The fourth-order valence-electron chi connectivity index (χ4n) is 2.21. The van der Waals surface area contributed by atoms with Crippen molar-refractivity contribution >= 4 is 11.7 Å². The van der Waals surface area contributed by atoms with Gasteiger partial charge in [-0.2, -0.15) is 0 Å². The second-order valence-corrected chi connectivity index (χ2v) is 5.78. The maximum Gasteiger partial charge on any atom is 0.328 e. The monoisotopic (exact) mass is 277 g/mol. The summed E-state index contributed by atoms with van der Waals surface area (Å²) in [5.74, 6) is 0.700. The van der Waals surface area contributed by atoms with Gasteiger partial charge in [-0.1, -0.05) is 46.8 Å². The highest BCUT2D eigenvalue weighted by Gasteiger charge is 2.19. The van der Waals surface area contributed by atoms with Crippen LogP contribution in [0.25, 0.3) is 0 Å². The summed E-state index contributed by atoms with van der Waals surface area (Å²) in [5, 5.41) is 3.32. The van der Waals surface area contributed by atoms with Crippen LogP contribution in [0.4, 0.5) is 5.69 Å². The Morgan fingerprint density at radius 2 is 1.85 bits per heavy atom. The third-order valence-corrected chi connectivity index (χ3v) is 3.59. The van der Waals surface area contributed by atoms with E-state index in [0.717, 1.165) is 5.69 Å². The molecule has 0 amide bonds. The Balaban J connectivity index is 3.07. The molecular weight excluding hydrogens is 250 g/mol. The molecule has 3 nitrogen and oxygen atoms in total. The summed E-state index contributed by atoms with van der Waals surface area (Å²) >= 11 is 0. The van der Waals surface area contributed by atoms with Gasteiger partial charge in [0, 0.05) is 5.69 Å². The lowest BCUT2D eigenvalue weighted by atomic mass is 9.94. The predicted octanol–water partition coefficient (Wildman–Crippen LogP) is 4.30. The summed E-state index contributed by atoms with van der Waals surface area (Å²) in [6.45, 7) is 10.7. The molecule has 1 aromatic rings. The first-order chi connectivity index (χ1) is 9.40. The first-order valence-corrected chi connectivity index (χ1v) is 7.38. The van der Waals surface area contributed by atoms with Crippen LogP contribution in [0, 0.1) is 0 Å². The Bertz CT molecular complexity index is 452. The quantitative estimate of drug-likeness (QED) is 0.788. The Morgan fingerprint density at radius 1 is 1.20 bits per heavy atom. The van der Waals surface area contributed by atoms with E-state index in [-0.39, 0.29) is 12.0 Å². The number of carbonyl (C=O) groups excluding carboxylic acids is 1. The number of hydrogen-bond acceptors (Lipinski definition) is 3. The Hall–Kier alpha value is -1.51. The van der Waals surface area contributed by atoms with E-state index in [1.807, 2.05) is 6.92 Å². The largest absolute Gasteiger partial charge is 0.467 e. The molecule has 0 aromatic heterocycles. The molecular formula is C17H27NO2. The van der Waals surface area contributed by atoms with Crippen molar-refractivity contribution in [3.63, 3.8) is 0 Å². The van der Waals surface area contributed by atoms with Gasteiger partial charge in [-0.25, -0.2) is 4.79 Å². The third kappa shape index (κ3) is 3.99. The fourth-order valence-corrected chi connectivity index (χ4v) is 2.21. The summed E-state index contributed by atoms with van der Waals surface area (Å²) in [6.07, 6.45) is 0.705. The molecule has 1 N–H and O–H groups in total. The molecule has 20 heavy (non-hydrogen) atoms. The molecule has 1 rings (SSSR count). The first kappa shape index (κ1) is 16.5.